The third-order valence-electron chi connectivity index (χ3n) is 8.29. The number of halogens is 1. The van der Waals surface area contributed by atoms with Crippen LogP contribution in [0.3, 0.4) is 0 Å². The molecule has 1 amide bonds. The highest BCUT2D eigenvalue weighted by Gasteiger charge is 2.38. The number of amides is 1. The molecule has 3 aromatic heterocycles. The van der Waals surface area contributed by atoms with Crippen molar-refractivity contribution in [2.45, 2.75) is 46.1 Å². The zero-order chi connectivity index (χ0) is 28.7. The quantitative estimate of drug-likeness (QED) is 0.223. The monoisotopic (exact) mass is 553 g/mol. The van der Waals surface area contributed by atoms with Crippen molar-refractivity contribution < 1.29 is 18.7 Å². The van der Waals surface area contributed by atoms with Crippen molar-refractivity contribution >= 4 is 17.5 Å². The number of aryl methyl sites for hydroxylation is 1. The molecule has 9 heteroatoms. The van der Waals surface area contributed by atoms with Crippen molar-refractivity contribution in [2.75, 3.05) is 13.2 Å². The lowest BCUT2D eigenvalue weighted by Gasteiger charge is -2.41. The van der Waals surface area contributed by atoms with E-state index in [0.29, 0.717) is 57.7 Å². The lowest BCUT2D eigenvalue weighted by atomic mass is 9.82. The molecule has 0 saturated carbocycles. The number of fused-ring (bicyclic) bond motifs is 2. The van der Waals surface area contributed by atoms with Gasteiger partial charge in [0.2, 0.25) is 0 Å². The van der Waals surface area contributed by atoms with Crippen molar-refractivity contribution in [1.29, 1.82) is 0 Å². The van der Waals surface area contributed by atoms with Crippen LogP contribution in [0.25, 0.3) is 28.2 Å². The number of carbonyl (C=O) groups is 2. The molecule has 210 valence electrons. The topological polar surface area (TPSA) is 89.7 Å². The first-order valence-corrected chi connectivity index (χ1v) is 14.2. The van der Waals surface area contributed by atoms with E-state index in [4.69, 9.17) is 4.74 Å². The molecule has 6 rings (SSSR count). The van der Waals surface area contributed by atoms with Crippen LogP contribution < -0.4 is 0 Å². The summed E-state index contributed by atoms with van der Waals surface area (Å²) in [7, 11) is 0. The molecule has 41 heavy (non-hydrogen) atoms. The standard InChI is InChI=1S/C32H32FN5O3/c1-4-23-16-29(31(39)37-14-13-20-7-6-8-24(20)19(37)3)35-30-17-28(36-38(23)30)25-11-9-21(15-26(25)33)27-12-10-22(18-34-27)32(40)41-5-2/h6,8-12,15-20,24H,4-5,7,13-14H2,1-3H3. The molecule has 0 radical (unpaired) electrons. The summed E-state index contributed by atoms with van der Waals surface area (Å²) in [6.45, 7) is 6.86. The summed E-state index contributed by atoms with van der Waals surface area (Å²) in [5.74, 6) is 0.0235. The second-order valence-corrected chi connectivity index (χ2v) is 10.7. The molecule has 4 aromatic rings. The number of allylic oxidation sites excluding steroid dienone is 1. The number of ether oxygens (including phenoxy) is 1. The van der Waals surface area contributed by atoms with Crippen LogP contribution >= 0.6 is 0 Å². The van der Waals surface area contributed by atoms with Crippen LogP contribution in [-0.4, -0.2) is 55.6 Å². The Morgan fingerprint density at radius 3 is 2.68 bits per heavy atom. The molecule has 3 unspecified atom stereocenters. The zero-order valence-electron chi connectivity index (χ0n) is 23.4. The van der Waals surface area contributed by atoms with E-state index in [1.54, 1.807) is 47.8 Å². The van der Waals surface area contributed by atoms with Gasteiger partial charge in [-0.1, -0.05) is 25.1 Å². The number of benzene rings is 1. The van der Waals surface area contributed by atoms with Crippen LogP contribution in [-0.2, 0) is 11.2 Å². The van der Waals surface area contributed by atoms with E-state index in [0.717, 1.165) is 25.1 Å². The summed E-state index contributed by atoms with van der Waals surface area (Å²) >= 11 is 0. The van der Waals surface area contributed by atoms with E-state index >= 15 is 4.39 Å². The summed E-state index contributed by atoms with van der Waals surface area (Å²) in [6, 6.07) is 11.7. The molecule has 1 fully saturated rings. The van der Waals surface area contributed by atoms with Gasteiger partial charge >= 0.3 is 5.97 Å². The number of hydrogen-bond donors (Lipinski definition) is 0. The predicted octanol–water partition coefficient (Wildman–Crippen LogP) is 5.76. The highest BCUT2D eigenvalue weighted by molar-refractivity contribution is 5.93. The van der Waals surface area contributed by atoms with Crippen LogP contribution in [0, 0.1) is 17.7 Å². The third kappa shape index (κ3) is 4.90. The molecule has 3 atom stereocenters. The van der Waals surface area contributed by atoms with Gasteiger partial charge in [0.05, 0.1) is 23.6 Å². The average Bonchev–Trinajstić information content (AvgIpc) is 3.64. The van der Waals surface area contributed by atoms with E-state index in [2.05, 4.69) is 34.1 Å². The normalized spacial score (nSPS) is 19.9. The molecule has 2 aliphatic rings. The Labute approximate surface area is 237 Å². The van der Waals surface area contributed by atoms with Crippen molar-refractivity contribution in [3.8, 4) is 22.5 Å². The third-order valence-corrected chi connectivity index (χ3v) is 8.29. The van der Waals surface area contributed by atoms with E-state index in [1.165, 1.54) is 12.3 Å². The summed E-state index contributed by atoms with van der Waals surface area (Å²) in [5.41, 5.74) is 3.91. The Morgan fingerprint density at radius 2 is 1.95 bits per heavy atom. The lowest BCUT2D eigenvalue weighted by Crippen LogP contribution is -2.49. The number of aromatic nitrogens is 4. The van der Waals surface area contributed by atoms with Gasteiger partial charge in [0, 0.05) is 47.6 Å². The Balaban J connectivity index is 1.28. The first-order chi connectivity index (χ1) is 19.9. The summed E-state index contributed by atoms with van der Waals surface area (Å²) in [4.78, 5) is 36.4. The molecule has 8 nitrogen and oxygen atoms in total. The fourth-order valence-corrected chi connectivity index (χ4v) is 6.05. The average molecular weight is 554 g/mol. The first-order valence-electron chi connectivity index (χ1n) is 14.2. The second kappa shape index (κ2) is 10.9. The Hall–Kier alpha value is -4.40. The smallest absolute Gasteiger partial charge is 0.339 e. The molecule has 0 bridgehead atoms. The number of carbonyl (C=O) groups excluding carboxylic acids is 2. The van der Waals surface area contributed by atoms with Crippen molar-refractivity contribution in [3.05, 3.63) is 83.6 Å². The van der Waals surface area contributed by atoms with Gasteiger partial charge in [-0.2, -0.15) is 5.10 Å². The molecule has 1 aliphatic carbocycles. The van der Waals surface area contributed by atoms with Crippen molar-refractivity contribution in [2.24, 2.45) is 11.8 Å². The number of piperidine rings is 1. The number of hydrogen-bond acceptors (Lipinski definition) is 6. The second-order valence-electron chi connectivity index (χ2n) is 10.7. The van der Waals surface area contributed by atoms with Crippen LogP contribution in [0.5, 0.6) is 0 Å². The Kier molecular flexibility index (Phi) is 7.11. The number of esters is 1. The van der Waals surface area contributed by atoms with Gasteiger partial charge in [0.15, 0.2) is 5.65 Å². The van der Waals surface area contributed by atoms with Gasteiger partial charge in [-0.3, -0.25) is 9.78 Å². The van der Waals surface area contributed by atoms with Gasteiger partial charge in [-0.25, -0.2) is 18.7 Å². The number of pyridine rings is 1. The fraction of sp³-hybridized carbons (Fsp3) is 0.344. The maximum Gasteiger partial charge on any atom is 0.339 e. The van der Waals surface area contributed by atoms with Gasteiger partial charge in [-0.05, 0) is 69.4 Å². The maximum absolute atomic E-state index is 15.4. The van der Waals surface area contributed by atoms with Crippen LogP contribution in [0.2, 0.25) is 0 Å². The fourth-order valence-electron chi connectivity index (χ4n) is 6.05. The minimum atomic E-state index is -0.460. The van der Waals surface area contributed by atoms with Gasteiger partial charge in [-0.15, -0.1) is 0 Å². The molecule has 4 heterocycles. The molecule has 0 N–H and O–H groups in total. The largest absolute Gasteiger partial charge is 0.462 e. The minimum absolute atomic E-state index is 0.0757. The van der Waals surface area contributed by atoms with Gasteiger partial charge in [0.25, 0.3) is 5.91 Å². The van der Waals surface area contributed by atoms with Crippen LogP contribution in [0.15, 0.2) is 60.8 Å². The summed E-state index contributed by atoms with van der Waals surface area (Å²) in [6.07, 6.45) is 8.63. The lowest BCUT2D eigenvalue weighted by molar-refractivity contribution is 0.0487. The molecule has 0 spiro atoms. The van der Waals surface area contributed by atoms with E-state index in [1.807, 2.05) is 11.8 Å². The zero-order valence-corrected chi connectivity index (χ0v) is 23.4. The highest BCUT2D eigenvalue weighted by atomic mass is 19.1. The van der Waals surface area contributed by atoms with Crippen LogP contribution in [0.4, 0.5) is 4.39 Å². The van der Waals surface area contributed by atoms with Crippen molar-refractivity contribution in [1.82, 2.24) is 24.5 Å². The van der Waals surface area contributed by atoms with Crippen LogP contribution in [0.1, 0.15) is 60.2 Å². The predicted molar refractivity (Wildman–Crippen MR) is 153 cm³/mol. The SMILES string of the molecule is CCOC(=O)c1ccc(-c2ccc(-c3cc4nc(C(=O)N5CCC6CC=CC6C5C)cc(CC)n4n3)c(F)c2)nc1. The van der Waals surface area contributed by atoms with Gasteiger partial charge < -0.3 is 9.64 Å². The van der Waals surface area contributed by atoms with E-state index in [-0.39, 0.29) is 18.6 Å². The maximum atomic E-state index is 15.4. The first kappa shape index (κ1) is 26.8. The summed E-state index contributed by atoms with van der Waals surface area (Å²) in [5, 5.41) is 4.65. The molecular formula is C32H32FN5O3. The number of rotatable bonds is 6. The molecule has 1 aliphatic heterocycles. The highest BCUT2D eigenvalue weighted by Crippen LogP contribution is 2.37. The molecule has 1 aromatic carbocycles. The minimum Gasteiger partial charge on any atom is -0.462 e. The van der Waals surface area contributed by atoms with Crippen molar-refractivity contribution in [3.63, 3.8) is 0 Å². The Bertz CT molecular complexity index is 1660. The summed E-state index contributed by atoms with van der Waals surface area (Å²) < 4.78 is 22.1. The molecule has 1 saturated heterocycles. The van der Waals surface area contributed by atoms with Gasteiger partial charge in [0.1, 0.15) is 11.5 Å². The molecular weight excluding hydrogens is 521 g/mol. The number of likely N-dealkylation sites (tertiary alicyclic amines) is 1. The van der Waals surface area contributed by atoms with E-state index in [9.17, 15) is 9.59 Å². The van der Waals surface area contributed by atoms with E-state index < -0.39 is 11.8 Å². The number of nitrogens with zero attached hydrogens (tertiary/aromatic N) is 5. The Morgan fingerprint density at radius 1 is 1.10 bits per heavy atom.